The molecule has 108 valence electrons. The van der Waals surface area contributed by atoms with E-state index < -0.39 is 0 Å². The monoisotopic (exact) mass is 283 g/mol. The van der Waals surface area contributed by atoms with Crippen molar-refractivity contribution in [1.29, 1.82) is 0 Å². The molecule has 2 aromatic rings. The number of carbonyl (C=O) groups excluding carboxylic acids is 1. The predicted molar refractivity (Wildman–Crippen MR) is 82.3 cm³/mol. The molecule has 21 heavy (non-hydrogen) atoms. The number of nitrogens with two attached hydrogens (primary N) is 1. The van der Waals surface area contributed by atoms with E-state index in [1.54, 1.807) is 24.3 Å². The number of esters is 1. The number of aryl methyl sites for hydroxylation is 2. The van der Waals surface area contributed by atoms with Gasteiger partial charge in [-0.3, -0.25) is 0 Å². The fourth-order valence-electron chi connectivity index (χ4n) is 1.82. The van der Waals surface area contributed by atoms with Crippen LogP contribution >= 0.6 is 0 Å². The lowest BCUT2D eigenvalue weighted by atomic mass is 10.1. The zero-order valence-corrected chi connectivity index (χ0v) is 12.3. The van der Waals surface area contributed by atoms with Crippen molar-refractivity contribution in [3.05, 3.63) is 53.1 Å². The lowest BCUT2D eigenvalue weighted by Crippen LogP contribution is -1.99. The van der Waals surface area contributed by atoms with Gasteiger partial charge in [0.05, 0.1) is 24.0 Å². The van der Waals surface area contributed by atoms with Crippen LogP contribution in [0.2, 0.25) is 0 Å². The second-order valence-corrected chi connectivity index (χ2v) is 4.73. The number of rotatable bonds is 3. The summed E-state index contributed by atoms with van der Waals surface area (Å²) in [6.07, 6.45) is 0. The zero-order chi connectivity index (χ0) is 15.4. The maximum absolute atomic E-state index is 11.3. The molecule has 5 nitrogen and oxygen atoms in total. The Bertz CT molecular complexity index is 691. The third kappa shape index (κ3) is 3.45. The molecule has 0 atom stereocenters. The highest BCUT2D eigenvalue weighted by Gasteiger charge is 2.04. The molecule has 0 aliphatic heterocycles. The normalized spacial score (nSPS) is 10.8. The molecule has 2 rings (SSSR count). The third-order valence-corrected chi connectivity index (χ3v) is 3.15. The van der Waals surface area contributed by atoms with Crippen LogP contribution in [0.5, 0.6) is 0 Å². The van der Waals surface area contributed by atoms with Crippen LogP contribution in [0.25, 0.3) is 0 Å². The summed E-state index contributed by atoms with van der Waals surface area (Å²) in [5.41, 5.74) is 10.4. The first kappa shape index (κ1) is 14.7. The molecule has 0 amide bonds. The molecule has 2 N–H and O–H groups in total. The van der Waals surface area contributed by atoms with Gasteiger partial charge in [-0.25, -0.2) is 4.79 Å². The van der Waals surface area contributed by atoms with Crippen molar-refractivity contribution in [2.45, 2.75) is 13.8 Å². The minimum Gasteiger partial charge on any atom is -0.465 e. The van der Waals surface area contributed by atoms with Crippen molar-refractivity contribution in [2.75, 3.05) is 12.8 Å². The molecular formula is C16H17N3O2. The van der Waals surface area contributed by atoms with Gasteiger partial charge in [0.2, 0.25) is 0 Å². The van der Waals surface area contributed by atoms with E-state index in [9.17, 15) is 4.79 Å². The second kappa shape index (κ2) is 6.17. The van der Waals surface area contributed by atoms with Gasteiger partial charge in [0.1, 0.15) is 0 Å². The van der Waals surface area contributed by atoms with E-state index in [0.29, 0.717) is 11.3 Å². The van der Waals surface area contributed by atoms with E-state index >= 15 is 0 Å². The summed E-state index contributed by atoms with van der Waals surface area (Å²) in [7, 11) is 1.35. The standard InChI is InChI=1S/C16H17N3O2/c1-10-9-15(11(2)8-14(10)17)19-18-13-6-4-12(5-7-13)16(20)21-3/h4-9H,17H2,1-3H3. The topological polar surface area (TPSA) is 77.0 Å². The highest BCUT2D eigenvalue weighted by atomic mass is 16.5. The highest BCUT2D eigenvalue weighted by Crippen LogP contribution is 2.26. The predicted octanol–water partition coefficient (Wildman–Crippen LogP) is 4.09. The van der Waals surface area contributed by atoms with Gasteiger partial charge in [0.15, 0.2) is 0 Å². The van der Waals surface area contributed by atoms with Gasteiger partial charge in [0, 0.05) is 5.69 Å². The molecule has 0 spiro atoms. The number of ether oxygens (including phenoxy) is 1. The van der Waals surface area contributed by atoms with Crippen LogP contribution in [-0.4, -0.2) is 13.1 Å². The molecule has 0 bridgehead atoms. The minimum atomic E-state index is -0.372. The number of carbonyl (C=O) groups is 1. The first-order chi connectivity index (χ1) is 10.0. The molecule has 5 heteroatoms. The lowest BCUT2D eigenvalue weighted by molar-refractivity contribution is 0.0601. The number of nitrogens with zero attached hydrogens (tertiary/aromatic N) is 2. The summed E-state index contributed by atoms with van der Waals surface area (Å²) in [6, 6.07) is 10.5. The molecule has 0 heterocycles. The average Bonchev–Trinajstić information content (AvgIpc) is 2.49. The molecule has 0 aliphatic carbocycles. The van der Waals surface area contributed by atoms with E-state index in [0.717, 1.165) is 22.5 Å². The number of methoxy groups -OCH3 is 1. The van der Waals surface area contributed by atoms with Gasteiger partial charge in [-0.05, 0) is 61.4 Å². The van der Waals surface area contributed by atoms with Gasteiger partial charge < -0.3 is 10.5 Å². The Morgan fingerprint density at radius 3 is 2.33 bits per heavy atom. The highest BCUT2D eigenvalue weighted by molar-refractivity contribution is 5.89. The molecule has 0 unspecified atom stereocenters. The number of anilines is 1. The molecule has 0 saturated carbocycles. The Hall–Kier alpha value is -2.69. The third-order valence-electron chi connectivity index (χ3n) is 3.15. The molecule has 0 aliphatic rings. The summed E-state index contributed by atoms with van der Waals surface area (Å²) in [6.45, 7) is 3.86. The van der Waals surface area contributed by atoms with Gasteiger partial charge >= 0.3 is 5.97 Å². The lowest BCUT2D eigenvalue weighted by Gasteiger charge is -2.04. The van der Waals surface area contributed by atoms with Crippen LogP contribution in [0.3, 0.4) is 0 Å². The molecule has 0 saturated heterocycles. The van der Waals surface area contributed by atoms with Gasteiger partial charge in [-0.15, -0.1) is 0 Å². The van der Waals surface area contributed by atoms with E-state index in [2.05, 4.69) is 15.0 Å². The summed E-state index contributed by atoms with van der Waals surface area (Å²) in [5, 5.41) is 8.39. The number of benzene rings is 2. The molecule has 2 aromatic carbocycles. The fourth-order valence-corrected chi connectivity index (χ4v) is 1.82. The summed E-state index contributed by atoms with van der Waals surface area (Å²) >= 11 is 0. The molecular weight excluding hydrogens is 266 g/mol. The average molecular weight is 283 g/mol. The van der Waals surface area contributed by atoms with E-state index in [1.165, 1.54) is 7.11 Å². The van der Waals surface area contributed by atoms with Crippen LogP contribution in [-0.2, 0) is 4.74 Å². The first-order valence-corrected chi connectivity index (χ1v) is 6.48. The maximum Gasteiger partial charge on any atom is 0.337 e. The Balaban J connectivity index is 2.22. The van der Waals surface area contributed by atoms with Gasteiger partial charge in [-0.2, -0.15) is 10.2 Å². The molecule has 0 fully saturated rings. The Morgan fingerprint density at radius 2 is 1.71 bits per heavy atom. The second-order valence-electron chi connectivity index (χ2n) is 4.73. The fraction of sp³-hybridized carbons (Fsp3) is 0.188. The number of hydrogen-bond acceptors (Lipinski definition) is 5. The molecule has 0 aromatic heterocycles. The van der Waals surface area contributed by atoms with Crippen LogP contribution in [0.1, 0.15) is 21.5 Å². The Kier molecular flexibility index (Phi) is 4.33. The van der Waals surface area contributed by atoms with Crippen molar-refractivity contribution in [2.24, 2.45) is 10.2 Å². The van der Waals surface area contributed by atoms with Crippen LogP contribution in [0.4, 0.5) is 17.1 Å². The zero-order valence-electron chi connectivity index (χ0n) is 12.3. The number of hydrogen-bond donors (Lipinski definition) is 1. The Morgan fingerprint density at radius 1 is 1.05 bits per heavy atom. The van der Waals surface area contributed by atoms with E-state index in [4.69, 9.17) is 5.73 Å². The number of nitrogen functional groups attached to an aromatic ring is 1. The first-order valence-electron chi connectivity index (χ1n) is 6.48. The van der Waals surface area contributed by atoms with Crippen LogP contribution in [0.15, 0.2) is 46.6 Å². The largest absolute Gasteiger partial charge is 0.465 e. The Labute approximate surface area is 123 Å². The van der Waals surface area contributed by atoms with Crippen molar-refractivity contribution in [3.8, 4) is 0 Å². The minimum absolute atomic E-state index is 0.372. The van der Waals surface area contributed by atoms with Crippen molar-refractivity contribution in [1.82, 2.24) is 0 Å². The summed E-state index contributed by atoms with van der Waals surface area (Å²) in [5.74, 6) is -0.372. The number of azo groups is 1. The van der Waals surface area contributed by atoms with E-state index in [1.807, 2.05) is 26.0 Å². The summed E-state index contributed by atoms with van der Waals surface area (Å²) < 4.78 is 4.64. The van der Waals surface area contributed by atoms with Crippen molar-refractivity contribution >= 4 is 23.0 Å². The van der Waals surface area contributed by atoms with Crippen molar-refractivity contribution in [3.63, 3.8) is 0 Å². The van der Waals surface area contributed by atoms with Crippen LogP contribution in [0, 0.1) is 13.8 Å². The quantitative estimate of drug-likeness (QED) is 0.523. The van der Waals surface area contributed by atoms with E-state index in [-0.39, 0.29) is 5.97 Å². The summed E-state index contributed by atoms with van der Waals surface area (Å²) in [4.78, 5) is 11.3. The van der Waals surface area contributed by atoms with Crippen molar-refractivity contribution < 1.29 is 9.53 Å². The maximum atomic E-state index is 11.3. The smallest absolute Gasteiger partial charge is 0.337 e. The molecule has 0 radical (unpaired) electrons. The van der Waals surface area contributed by atoms with Crippen LogP contribution < -0.4 is 5.73 Å². The van der Waals surface area contributed by atoms with Gasteiger partial charge in [-0.1, -0.05) is 0 Å². The van der Waals surface area contributed by atoms with Gasteiger partial charge in [0.25, 0.3) is 0 Å². The SMILES string of the molecule is COC(=O)c1ccc(N=Nc2cc(C)c(N)cc2C)cc1.